The third kappa shape index (κ3) is 1.25. The Morgan fingerprint density at radius 2 is 2.43 bits per heavy atom. The standard InChI is InChI=1S/C10H11N3O/c1-6-7-3-2-4-8(10(11)14)9(7)13-5-12-6/h2-5,9H,1H3,(H2,11,14)(H,12,13). The number of hydrogen-bond acceptors (Lipinski definition) is 3. The topological polar surface area (TPSA) is 67.5 Å². The molecule has 0 aromatic rings. The van der Waals surface area contributed by atoms with Crippen LogP contribution in [0.15, 0.2) is 40.1 Å². The number of rotatable bonds is 1. The van der Waals surface area contributed by atoms with E-state index in [-0.39, 0.29) is 6.04 Å². The van der Waals surface area contributed by atoms with Crippen molar-refractivity contribution in [2.45, 2.75) is 13.0 Å². The lowest BCUT2D eigenvalue weighted by Gasteiger charge is -2.24. The zero-order valence-electron chi connectivity index (χ0n) is 7.82. The van der Waals surface area contributed by atoms with Gasteiger partial charge in [-0.05, 0) is 6.92 Å². The van der Waals surface area contributed by atoms with Crippen molar-refractivity contribution in [2.75, 3.05) is 0 Å². The summed E-state index contributed by atoms with van der Waals surface area (Å²) in [6, 6.07) is -0.223. The van der Waals surface area contributed by atoms with Gasteiger partial charge in [0.1, 0.15) is 6.04 Å². The van der Waals surface area contributed by atoms with Crippen molar-refractivity contribution in [3.8, 4) is 0 Å². The number of carbonyl (C=O) groups is 1. The lowest BCUT2D eigenvalue weighted by molar-refractivity contribution is -0.114. The monoisotopic (exact) mass is 189 g/mol. The van der Waals surface area contributed by atoms with Gasteiger partial charge in [0.15, 0.2) is 0 Å². The van der Waals surface area contributed by atoms with Gasteiger partial charge in [0.2, 0.25) is 5.91 Å². The van der Waals surface area contributed by atoms with E-state index in [1.807, 2.05) is 19.1 Å². The summed E-state index contributed by atoms with van der Waals surface area (Å²) < 4.78 is 0. The van der Waals surface area contributed by atoms with E-state index in [1.165, 1.54) is 0 Å². The van der Waals surface area contributed by atoms with Gasteiger partial charge in [-0.25, -0.2) is 0 Å². The van der Waals surface area contributed by atoms with E-state index in [2.05, 4.69) is 10.3 Å². The van der Waals surface area contributed by atoms with Crippen molar-refractivity contribution in [1.82, 2.24) is 5.32 Å². The Morgan fingerprint density at radius 1 is 1.64 bits per heavy atom. The van der Waals surface area contributed by atoms with Crippen LogP contribution in [0.4, 0.5) is 0 Å². The fourth-order valence-electron chi connectivity index (χ4n) is 1.60. The molecule has 1 unspecified atom stereocenters. The summed E-state index contributed by atoms with van der Waals surface area (Å²) in [6.45, 7) is 1.95. The number of nitrogens with two attached hydrogens (primary N) is 1. The molecule has 1 atom stereocenters. The minimum Gasteiger partial charge on any atom is -0.366 e. The first kappa shape index (κ1) is 8.74. The summed E-state index contributed by atoms with van der Waals surface area (Å²) in [5.74, 6) is -0.413. The SMILES string of the molecule is CC1=C2C=CC=C(C(N)=O)C2N=CN1. The van der Waals surface area contributed by atoms with E-state index in [0.29, 0.717) is 5.57 Å². The molecule has 0 fully saturated rings. The molecular weight excluding hydrogens is 178 g/mol. The summed E-state index contributed by atoms with van der Waals surface area (Å²) in [5.41, 5.74) is 7.81. The highest BCUT2D eigenvalue weighted by molar-refractivity contribution is 5.95. The third-order valence-corrected chi connectivity index (χ3v) is 2.36. The molecule has 1 amide bonds. The van der Waals surface area contributed by atoms with E-state index in [0.717, 1.165) is 11.3 Å². The van der Waals surface area contributed by atoms with E-state index < -0.39 is 5.91 Å². The number of allylic oxidation sites excluding steroid dienone is 3. The number of fused-ring (bicyclic) bond motifs is 1. The zero-order valence-corrected chi connectivity index (χ0v) is 7.82. The van der Waals surface area contributed by atoms with Crippen LogP contribution in [0.3, 0.4) is 0 Å². The van der Waals surface area contributed by atoms with Gasteiger partial charge < -0.3 is 11.1 Å². The van der Waals surface area contributed by atoms with Crippen molar-refractivity contribution >= 4 is 12.2 Å². The lowest BCUT2D eigenvalue weighted by atomic mass is 9.92. The largest absolute Gasteiger partial charge is 0.366 e. The van der Waals surface area contributed by atoms with E-state index >= 15 is 0 Å². The summed E-state index contributed by atoms with van der Waals surface area (Å²) in [4.78, 5) is 15.3. The number of aliphatic imine (C=N–C) groups is 1. The predicted molar refractivity (Wildman–Crippen MR) is 54.5 cm³/mol. The van der Waals surface area contributed by atoms with Gasteiger partial charge in [-0.1, -0.05) is 18.2 Å². The second kappa shape index (κ2) is 3.14. The van der Waals surface area contributed by atoms with E-state index in [4.69, 9.17) is 5.73 Å². The molecule has 0 radical (unpaired) electrons. The Morgan fingerprint density at radius 3 is 3.14 bits per heavy atom. The van der Waals surface area contributed by atoms with Crippen molar-refractivity contribution in [2.24, 2.45) is 10.7 Å². The van der Waals surface area contributed by atoms with Crippen LogP contribution >= 0.6 is 0 Å². The van der Waals surface area contributed by atoms with Crippen LogP contribution in [0.25, 0.3) is 0 Å². The van der Waals surface area contributed by atoms with Gasteiger partial charge in [0.25, 0.3) is 0 Å². The minimum absolute atomic E-state index is 0.223. The number of carbonyl (C=O) groups excluding carboxylic acids is 1. The molecular formula is C10H11N3O. The van der Waals surface area contributed by atoms with E-state index in [1.54, 1.807) is 12.4 Å². The first-order valence-corrected chi connectivity index (χ1v) is 4.37. The molecule has 0 saturated heterocycles. The molecule has 14 heavy (non-hydrogen) atoms. The van der Waals surface area contributed by atoms with Crippen LogP contribution in [0.2, 0.25) is 0 Å². The molecule has 3 N–H and O–H groups in total. The van der Waals surface area contributed by atoms with Crippen molar-refractivity contribution in [3.05, 3.63) is 35.1 Å². The second-order valence-electron chi connectivity index (χ2n) is 3.25. The molecule has 0 aromatic heterocycles. The molecule has 2 aliphatic rings. The lowest BCUT2D eigenvalue weighted by Crippen LogP contribution is -2.31. The molecule has 0 bridgehead atoms. The highest BCUT2D eigenvalue weighted by atomic mass is 16.1. The highest BCUT2D eigenvalue weighted by Gasteiger charge is 2.25. The van der Waals surface area contributed by atoms with Gasteiger partial charge in [-0.3, -0.25) is 9.79 Å². The Balaban J connectivity index is 2.45. The smallest absolute Gasteiger partial charge is 0.247 e. The molecule has 1 heterocycles. The number of amides is 1. The van der Waals surface area contributed by atoms with Crippen LogP contribution < -0.4 is 11.1 Å². The maximum absolute atomic E-state index is 11.1. The number of nitrogens with zero attached hydrogens (tertiary/aromatic N) is 1. The maximum atomic E-state index is 11.1. The van der Waals surface area contributed by atoms with E-state index in [9.17, 15) is 4.79 Å². The first-order chi connectivity index (χ1) is 6.70. The fraction of sp³-hybridized carbons (Fsp3) is 0.200. The molecule has 4 heteroatoms. The molecule has 0 spiro atoms. The predicted octanol–water partition coefficient (Wildman–Crippen LogP) is 0.242. The van der Waals surface area contributed by atoms with Gasteiger partial charge >= 0.3 is 0 Å². The quantitative estimate of drug-likeness (QED) is 0.620. The molecule has 1 aliphatic heterocycles. The highest BCUT2D eigenvalue weighted by Crippen LogP contribution is 2.25. The molecule has 1 aliphatic carbocycles. The Labute approximate surface area is 81.9 Å². The zero-order chi connectivity index (χ0) is 10.1. The Kier molecular flexibility index (Phi) is 1.96. The van der Waals surface area contributed by atoms with Gasteiger partial charge in [0.05, 0.1) is 6.34 Å². The molecule has 0 aromatic carbocycles. The third-order valence-electron chi connectivity index (χ3n) is 2.36. The minimum atomic E-state index is -0.413. The van der Waals surface area contributed by atoms with Crippen LogP contribution in [0.1, 0.15) is 6.92 Å². The fourth-order valence-corrected chi connectivity index (χ4v) is 1.60. The number of nitrogens with one attached hydrogen (secondary N) is 1. The number of hydrogen-bond donors (Lipinski definition) is 2. The Hall–Kier alpha value is -1.84. The van der Waals surface area contributed by atoms with Crippen molar-refractivity contribution in [3.63, 3.8) is 0 Å². The Bertz CT molecular complexity index is 402. The summed E-state index contributed by atoms with van der Waals surface area (Å²) in [6.07, 6.45) is 7.07. The molecule has 4 nitrogen and oxygen atoms in total. The van der Waals surface area contributed by atoms with Crippen LogP contribution in [0.5, 0.6) is 0 Å². The first-order valence-electron chi connectivity index (χ1n) is 4.37. The average molecular weight is 189 g/mol. The second-order valence-corrected chi connectivity index (χ2v) is 3.25. The molecule has 72 valence electrons. The van der Waals surface area contributed by atoms with Gasteiger partial charge in [-0.15, -0.1) is 0 Å². The summed E-state index contributed by atoms with van der Waals surface area (Å²) >= 11 is 0. The maximum Gasteiger partial charge on any atom is 0.247 e. The molecule has 0 saturated carbocycles. The van der Waals surface area contributed by atoms with Gasteiger partial charge in [0, 0.05) is 16.8 Å². The van der Waals surface area contributed by atoms with Crippen molar-refractivity contribution < 1.29 is 4.79 Å². The van der Waals surface area contributed by atoms with Crippen molar-refractivity contribution in [1.29, 1.82) is 0 Å². The summed E-state index contributed by atoms with van der Waals surface area (Å²) in [5, 5.41) is 3.00. The summed E-state index contributed by atoms with van der Waals surface area (Å²) in [7, 11) is 0. The van der Waals surface area contributed by atoms with Gasteiger partial charge in [-0.2, -0.15) is 0 Å². The van der Waals surface area contributed by atoms with Crippen LogP contribution in [-0.2, 0) is 4.79 Å². The molecule has 2 rings (SSSR count). The van der Waals surface area contributed by atoms with Crippen LogP contribution in [0, 0.1) is 0 Å². The average Bonchev–Trinajstić information content (AvgIpc) is 2.17. The number of primary amides is 1. The normalized spacial score (nSPS) is 24.1. The van der Waals surface area contributed by atoms with Crippen LogP contribution in [-0.4, -0.2) is 18.3 Å².